The van der Waals surface area contributed by atoms with Gasteiger partial charge in [-0.2, -0.15) is 18.6 Å². The predicted molar refractivity (Wildman–Crippen MR) is 117 cm³/mol. The van der Waals surface area contributed by atoms with E-state index in [1.165, 1.54) is 32.4 Å². The molecule has 0 radical (unpaired) electrons. The molecule has 0 aliphatic carbocycles. The van der Waals surface area contributed by atoms with Gasteiger partial charge in [-0.15, -0.1) is 10.2 Å². The van der Waals surface area contributed by atoms with Gasteiger partial charge in [0, 0.05) is 12.1 Å². The number of hydrogen-bond donors (Lipinski definition) is 1. The van der Waals surface area contributed by atoms with Gasteiger partial charge in [-0.3, -0.25) is 4.55 Å². The molecule has 0 amide bonds. The van der Waals surface area contributed by atoms with Gasteiger partial charge in [0.15, 0.2) is 0 Å². The minimum Gasteiger partial charge on any atom is -0.497 e. The molecular formula is C21H20N4O6S. The molecule has 3 rings (SSSR count). The molecule has 166 valence electrons. The average molecular weight is 456 g/mol. The Balaban J connectivity index is 1.91. The van der Waals surface area contributed by atoms with E-state index in [4.69, 9.17) is 14.2 Å². The minimum atomic E-state index is -4.35. The molecule has 0 aliphatic heterocycles. The lowest BCUT2D eigenvalue weighted by atomic mass is 10.2. The Morgan fingerprint density at radius 2 is 1.25 bits per heavy atom. The quantitative estimate of drug-likeness (QED) is 0.337. The van der Waals surface area contributed by atoms with Gasteiger partial charge in [-0.25, -0.2) is 0 Å². The SMILES string of the molecule is COc1ccc(N=Nc2cc(OC)c(N=Nc3cccc(S(=O)(=O)O)c3)cc2OC)cc1. The zero-order chi connectivity index (χ0) is 23.1. The van der Waals surface area contributed by atoms with E-state index in [2.05, 4.69) is 20.5 Å². The third-order valence-electron chi connectivity index (χ3n) is 4.21. The topological polar surface area (TPSA) is 132 Å². The highest BCUT2D eigenvalue weighted by molar-refractivity contribution is 7.85. The standard InChI is InChI=1S/C21H20N4O6S/c1-29-16-9-7-14(8-10-16)22-24-18-12-21(31-3)19(13-20(18)30-2)25-23-15-5-4-6-17(11-15)32(26,27)28/h4-13H,1-3H3,(H,26,27,28). The van der Waals surface area contributed by atoms with Crippen LogP contribution in [-0.4, -0.2) is 34.3 Å². The summed E-state index contributed by atoms with van der Waals surface area (Å²) >= 11 is 0. The molecule has 0 heterocycles. The van der Waals surface area contributed by atoms with E-state index in [-0.39, 0.29) is 10.6 Å². The van der Waals surface area contributed by atoms with Crippen LogP contribution in [0.4, 0.5) is 22.7 Å². The number of methoxy groups -OCH3 is 3. The molecule has 11 heteroatoms. The van der Waals surface area contributed by atoms with Gasteiger partial charge in [0.05, 0.1) is 37.6 Å². The molecule has 0 unspecified atom stereocenters. The van der Waals surface area contributed by atoms with E-state index in [0.717, 1.165) is 0 Å². The molecule has 0 fully saturated rings. The molecule has 10 nitrogen and oxygen atoms in total. The zero-order valence-electron chi connectivity index (χ0n) is 17.5. The third kappa shape index (κ3) is 5.65. The van der Waals surface area contributed by atoms with Gasteiger partial charge in [-0.05, 0) is 42.5 Å². The molecule has 0 saturated heterocycles. The van der Waals surface area contributed by atoms with Crippen molar-refractivity contribution in [3.8, 4) is 17.2 Å². The van der Waals surface area contributed by atoms with Gasteiger partial charge in [0.1, 0.15) is 28.6 Å². The van der Waals surface area contributed by atoms with Crippen LogP contribution in [0.1, 0.15) is 0 Å². The Kier molecular flexibility index (Phi) is 7.13. The molecule has 0 aliphatic rings. The Labute approximate surface area is 185 Å². The number of azo groups is 2. The molecule has 0 bridgehead atoms. The highest BCUT2D eigenvalue weighted by Crippen LogP contribution is 2.41. The molecule has 0 spiro atoms. The summed E-state index contributed by atoms with van der Waals surface area (Å²) < 4.78 is 47.6. The van der Waals surface area contributed by atoms with E-state index in [1.807, 2.05) is 0 Å². The molecule has 1 N–H and O–H groups in total. The highest BCUT2D eigenvalue weighted by atomic mass is 32.2. The van der Waals surface area contributed by atoms with Crippen LogP contribution >= 0.6 is 0 Å². The van der Waals surface area contributed by atoms with Crippen LogP contribution < -0.4 is 14.2 Å². The van der Waals surface area contributed by atoms with E-state index >= 15 is 0 Å². The summed E-state index contributed by atoms with van der Waals surface area (Å²) in [7, 11) is 0.174. The molecular weight excluding hydrogens is 436 g/mol. The van der Waals surface area contributed by atoms with Crippen molar-refractivity contribution in [1.29, 1.82) is 0 Å². The fourth-order valence-corrected chi connectivity index (χ4v) is 3.12. The van der Waals surface area contributed by atoms with Gasteiger partial charge in [0.25, 0.3) is 10.1 Å². The van der Waals surface area contributed by atoms with Crippen LogP contribution in [0.25, 0.3) is 0 Å². The lowest BCUT2D eigenvalue weighted by molar-refractivity contribution is 0.405. The van der Waals surface area contributed by atoms with Crippen molar-refractivity contribution in [2.45, 2.75) is 4.90 Å². The molecule has 3 aromatic carbocycles. The first-order chi connectivity index (χ1) is 15.3. The lowest BCUT2D eigenvalue weighted by Crippen LogP contribution is -1.96. The fraction of sp³-hybridized carbons (Fsp3) is 0.143. The van der Waals surface area contributed by atoms with Crippen molar-refractivity contribution in [2.24, 2.45) is 20.5 Å². The van der Waals surface area contributed by atoms with Gasteiger partial charge in [0.2, 0.25) is 0 Å². The molecule has 32 heavy (non-hydrogen) atoms. The Hall–Kier alpha value is -3.83. The second-order valence-corrected chi connectivity index (χ2v) is 7.69. The Morgan fingerprint density at radius 3 is 1.75 bits per heavy atom. The van der Waals surface area contributed by atoms with Crippen LogP contribution in [-0.2, 0) is 10.1 Å². The maximum atomic E-state index is 11.3. The summed E-state index contributed by atoms with van der Waals surface area (Å²) in [5, 5.41) is 16.6. The molecule has 0 saturated carbocycles. The normalized spacial score (nSPS) is 11.8. The maximum Gasteiger partial charge on any atom is 0.294 e. The van der Waals surface area contributed by atoms with Crippen LogP contribution in [0.2, 0.25) is 0 Å². The van der Waals surface area contributed by atoms with E-state index in [0.29, 0.717) is 34.3 Å². The summed E-state index contributed by atoms with van der Waals surface area (Å²) in [6.45, 7) is 0. The van der Waals surface area contributed by atoms with Gasteiger partial charge in [-0.1, -0.05) is 6.07 Å². The fourth-order valence-electron chi connectivity index (χ4n) is 2.60. The number of ether oxygens (including phenoxy) is 3. The number of nitrogens with zero attached hydrogens (tertiary/aromatic N) is 4. The first kappa shape index (κ1) is 22.8. The van der Waals surface area contributed by atoms with Gasteiger partial charge >= 0.3 is 0 Å². The summed E-state index contributed by atoms with van der Waals surface area (Å²) in [6, 6.07) is 15.6. The second-order valence-electron chi connectivity index (χ2n) is 6.27. The predicted octanol–water partition coefficient (Wildman–Crippen LogP) is 5.79. The van der Waals surface area contributed by atoms with Crippen LogP contribution in [0.3, 0.4) is 0 Å². The van der Waals surface area contributed by atoms with E-state index < -0.39 is 10.1 Å². The Morgan fingerprint density at radius 1 is 0.688 bits per heavy atom. The van der Waals surface area contributed by atoms with Crippen LogP contribution in [0.15, 0.2) is 86.0 Å². The van der Waals surface area contributed by atoms with Crippen molar-refractivity contribution in [2.75, 3.05) is 21.3 Å². The zero-order valence-corrected chi connectivity index (χ0v) is 18.3. The summed E-state index contributed by atoms with van der Waals surface area (Å²) in [5.74, 6) is 1.44. The number of hydrogen-bond acceptors (Lipinski definition) is 9. The van der Waals surface area contributed by atoms with Gasteiger partial charge < -0.3 is 14.2 Å². The number of benzene rings is 3. The van der Waals surface area contributed by atoms with Crippen molar-refractivity contribution in [1.82, 2.24) is 0 Å². The van der Waals surface area contributed by atoms with E-state index in [1.54, 1.807) is 49.6 Å². The van der Waals surface area contributed by atoms with E-state index in [9.17, 15) is 13.0 Å². The highest BCUT2D eigenvalue weighted by Gasteiger charge is 2.12. The number of rotatable bonds is 8. The second kappa shape index (κ2) is 9.98. The van der Waals surface area contributed by atoms with Crippen molar-refractivity contribution in [3.63, 3.8) is 0 Å². The van der Waals surface area contributed by atoms with Crippen LogP contribution in [0.5, 0.6) is 17.2 Å². The molecule has 3 aromatic rings. The van der Waals surface area contributed by atoms with Crippen LogP contribution in [0, 0.1) is 0 Å². The maximum absolute atomic E-state index is 11.3. The monoisotopic (exact) mass is 456 g/mol. The first-order valence-corrected chi connectivity index (χ1v) is 10.6. The summed E-state index contributed by atoms with van der Waals surface area (Å²) in [4.78, 5) is -0.284. The third-order valence-corrected chi connectivity index (χ3v) is 5.06. The average Bonchev–Trinajstić information content (AvgIpc) is 2.81. The van der Waals surface area contributed by atoms with Crippen molar-refractivity contribution < 1.29 is 27.2 Å². The van der Waals surface area contributed by atoms with Crippen molar-refractivity contribution >= 4 is 32.9 Å². The lowest BCUT2D eigenvalue weighted by Gasteiger charge is -2.09. The largest absolute Gasteiger partial charge is 0.497 e. The summed E-state index contributed by atoms with van der Waals surface area (Å²) in [5.41, 5.74) is 1.58. The smallest absolute Gasteiger partial charge is 0.294 e. The molecule has 0 aromatic heterocycles. The minimum absolute atomic E-state index is 0.226. The Bertz CT molecular complexity index is 1260. The summed E-state index contributed by atoms with van der Waals surface area (Å²) in [6.07, 6.45) is 0. The molecule has 0 atom stereocenters. The van der Waals surface area contributed by atoms with Crippen molar-refractivity contribution in [3.05, 3.63) is 60.7 Å². The first-order valence-electron chi connectivity index (χ1n) is 9.15.